The molecule has 0 aliphatic carbocycles. The predicted octanol–water partition coefficient (Wildman–Crippen LogP) is -2.30. The molecule has 4 heterocycles. The third-order valence-electron chi connectivity index (χ3n) is 5.38. The Morgan fingerprint density at radius 3 is 2.97 bits per heavy atom. The van der Waals surface area contributed by atoms with Crippen LogP contribution in [-0.4, -0.2) is 92.9 Å². The van der Waals surface area contributed by atoms with Gasteiger partial charge in [0, 0.05) is 19.1 Å². The Labute approximate surface area is 171 Å². The van der Waals surface area contributed by atoms with Gasteiger partial charge in [0.15, 0.2) is 6.33 Å². The Hall–Kier alpha value is -2.40. The largest absolute Gasteiger partial charge is 0.418 e. The molecule has 2 bridgehead atoms. The zero-order valence-corrected chi connectivity index (χ0v) is 16.6. The number of tetrazole rings is 1. The molecule has 3 saturated heterocycles. The van der Waals surface area contributed by atoms with Gasteiger partial charge in [-0.2, -0.15) is 18.3 Å². The Kier molecular flexibility index (Phi) is 5.83. The highest BCUT2D eigenvalue weighted by Gasteiger charge is 2.49. The zero-order valence-electron chi connectivity index (χ0n) is 15.8. The number of carbonyl (C=O) groups is 2. The second-order valence-corrected chi connectivity index (χ2v) is 8.49. The number of carbonyl (C=O) groups excluding carboxylic acids is 2. The second kappa shape index (κ2) is 8.38. The van der Waals surface area contributed by atoms with E-state index < -0.39 is 34.4 Å². The Morgan fingerprint density at radius 1 is 1.40 bits per heavy atom. The van der Waals surface area contributed by atoms with E-state index in [-0.39, 0.29) is 19.2 Å². The number of fused-ring (bicyclic) bond motifs is 2. The first kappa shape index (κ1) is 20.9. The molecule has 0 radical (unpaired) electrons. The van der Waals surface area contributed by atoms with Crippen molar-refractivity contribution in [2.45, 2.75) is 43.9 Å². The number of aromatic nitrogens is 4. The molecule has 3 fully saturated rings. The van der Waals surface area contributed by atoms with E-state index in [4.69, 9.17) is 9.39 Å². The van der Waals surface area contributed by atoms with Crippen LogP contribution in [0.2, 0.25) is 0 Å². The van der Waals surface area contributed by atoms with Crippen LogP contribution in [0.4, 0.5) is 4.79 Å². The van der Waals surface area contributed by atoms with E-state index in [0.29, 0.717) is 30.4 Å². The fraction of sp³-hybridized carbons (Fsp3) is 0.786. The minimum atomic E-state index is -4.83. The summed E-state index contributed by atoms with van der Waals surface area (Å²) < 4.78 is 35.0. The minimum Gasteiger partial charge on any atom is -0.311 e. The van der Waals surface area contributed by atoms with Gasteiger partial charge in [-0.15, -0.1) is 14.5 Å². The molecule has 15 nitrogen and oxygen atoms in total. The van der Waals surface area contributed by atoms with Crippen molar-refractivity contribution in [3.63, 3.8) is 0 Å². The number of urea groups is 1. The van der Waals surface area contributed by atoms with Gasteiger partial charge in [0.1, 0.15) is 6.04 Å². The summed E-state index contributed by atoms with van der Waals surface area (Å²) in [7, 11) is -4.83. The van der Waals surface area contributed by atoms with E-state index in [0.717, 1.165) is 13.0 Å². The lowest BCUT2D eigenvalue weighted by molar-refractivity contribution is -0.139. The van der Waals surface area contributed by atoms with Crippen LogP contribution in [0.25, 0.3) is 0 Å². The summed E-state index contributed by atoms with van der Waals surface area (Å²) in [6, 6.07) is -2.12. The maximum absolute atomic E-state index is 12.5. The molecule has 0 spiro atoms. The second-order valence-electron chi connectivity index (χ2n) is 7.48. The quantitative estimate of drug-likeness (QED) is 0.288. The van der Waals surface area contributed by atoms with Crippen molar-refractivity contribution in [3.05, 3.63) is 6.33 Å². The SMILES string of the molecule is O=C(NOC[C@H]1C[C@H](Cn2ncnn2)CN1)[C@@H]1CC[C@@H]2CN1C(=O)N2OS(=O)(=O)O. The maximum atomic E-state index is 12.5. The first-order chi connectivity index (χ1) is 14.3. The number of nitrogens with zero attached hydrogens (tertiary/aromatic N) is 6. The van der Waals surface area contributed by atoms with Crippen LogP contribution in [0, 0.1) is 5.92 Å². The molecule has 166 valence electrons. The van der Waals surface area contributed by atoms with Gasteiger partial charge in [0.05, 0.1) is 19.2 Å². The van der Waals surface area contributed by atoms with Gasteiger partial charge in [0.2, 0.25) is 0 Å². The van der Waals surface area contributed by atoms with Gasteiger partial charge < -0.3 is 10.2 Å². The minimum absolute atomic E-state index is 0.0432. The highest BCUT2D eigenvalue weighted by molar-refractivity contribution is 7.80. The normalized spacial score (nSPS) is 28.9. The molecule has 0 aromatic carbocycles. The lowest BCUT2D eigenvalue weighted by atomic mass is 10.0. The number of piperidine rings is 1. The number of hydrogen-bond donors (Lipinski definition) is 3. The van der Waals surface area contributed by atoms with E-state index in [9.17, 15) is 18.0 Å². The molecule has 1 aromatic heterocycles. The molecular weight excluding hydrogens is 424 g/mol. The van der Waals surface area contributed by atoms with Crippen molar-refractivity contribution in [2.75, 3.05) is 19.7 Å². The Morgan fingerprint density at radius 2 is 2.23 bits per heavy atom. The molecule has 30 heavy (non-hydrogen) atoms. The fourth-order valence-corrected chi connectivity index (χ4v) is 4.45. The van der Waals surface area contributed by atoms with E-state index >= 15 is 0 Å². The summed E-state index contributed by atoms with van der Waals surface area (Å²) in [5.41, 5.74) is 2.37. The van der Waals surface area contributed by atoms with E-state index in [1.165, 1.54) is 16.0 Å². The van der Waals surface area contributed by atoms with Crippen LogP contribution in [0.3, 0.4) is 0 Å². The van der Waals surface area contributed by atoms with Crippen LogP contribution < -0.4 is 10.8 Å². The topological polar surface area (TPSA) is 181 Å². The summed E-state index contributed by atoms with van der Waals surface area (Å²) in [5.74, 6) is -0.188. The van der Waals surface area contributed by atoms with Crippen LogP contribution >= 0.6 is 0 Å². The van der Waals surface area contributed by atoms with Crippen LogP contribution in [-0.2, 0) is 30.9 Å². The summed E-state index contributed by atoms with van der Waals surface area (Å²) in [4.78, 5) is 32.9. The summed E-state index contributed by atoms with van der Waals surface area (Å²) in [6.07, 6.45) is 2.85. The third-order valence-corrected chi connectivity index (χ3v) is 5.73. The van der Waals surface area contributed by atoms with E-state index in [1.807, 2.05) is 0 Å². The molecule has 3 N–H and O–H groups in total. The van der Waals surface area contributed by atoms with Gasteiger partial charge in [-0.25, -0.2) is 10.3 Å². The Bertz CT molecular complexity index is 881. The average molecular weight is 446 g/mol. The number of nitrogens with one attached hydrogen (secondary N) is 2. The molecule has 3 aliphatic rings. The van der Waals surface area contributed by atoms with E-state index in [1.54, 1.807) is 0 Å². The number of rotatable bonds is 8. The van der Waals surface area contributed by atoms with Crippen molar-refractivity contribution in [2.24, 2.45) is 5.92 Å². The molecule has 1 aromatic rings. The number of hydroxylamine groups is 3. The molecule has 0 unspecified atom stereocenters. The smallest absolute Gasteiger partial charge is 0.311 e. The highest BCUT2D eigenvalue weighted by Crippen LogP contribution is 2.30. The van der Waals surface area contributed by atoms with Gasteiger partial charge in [-0.05, 0) is 30.4 Å². The van der Waals surface area contributed by atoms with Crippen LogP contribution in [0.15, 0.2) is 6.33 Å². The third kappa shape index (κ3) is 4.67. The van der Waals surface area contributed by atoms with Crippen molar-refractivity contribution >= 4 is 22.3 Å². The zero-order chi connectivity index (χ0) is 21.3. The standard InChI is InChI=1S/C14H22N8O7S/c23-13(12-2-1-11-6-20(12)14(24)22(11)29-30(25,26)27)18-28-7-10-3-9(4-15-10)5-21-17-8-16-19-21/h8-12,15H,1-7H2,(H,18,23)(H,25,26,27)/t9-,10+,11+,12-/m0/s1. The van der Waals surface area contributed by atoms with E-state index in [2.05, 4.69) is 30.5 Å². The fourth-order valence-electron chi connectivity index (χ4n) is 4.06. The average Bonchev–Trinajstić information content (AvgIpc) is 3.40. The van der Waals surface area contributed by atoms with Crippen LogP contribution in [0.5, 0.6) is 0 Å². The first-order valence-corrected chi connectivity index (χ1v) is 10.8. The molecule has 3 amide bonds. The monoisotopic (exact) mass is 446 g/mol. The number of amides is 3. The first-order valence-electron chi connectivity index (χ1n) is 9.43. The van der Waals surface area contributed by atoms with Gasteiger partial charge >= 0.3 is 16.4 Å². The summed E-state index contributed by atoms with van der Waals surface area (Å²) >= 11 is 0. The Balaban J connectivity index is 1.22. The lowest BCUT2D eigenvalue weighted by Gasteiger charge is -2.29. The predicted molar refractivity (Wildman–Crippen MR) is 95.2 cm³/mol. The van der Waals surface area contributed by atoms with Crippen molar-refractivity contribution in [1.82, 2.24) is 41.0 Å². The number of hydrogen-bond acceptors (Lipinski definition) is 10. The molecule has 4 atom stereocenters. The van der Waals surface area contributed by atoms with Crippen LogP contribution in [0.1, 0.15) is 19.3 Å². The highest BCUT2D eigenvalue weighted by atomic mass is 32.3. The molecule has 0 saturated carbocycles. The molecular formula is C14H22N8O7S. The van der Waals surface area contributed by atoms with Gasteiger partial charge in [0.25, 0.3) is 5.91 Å². The maximum Gasteiger partial charge on any atom is 0.418 e. The van der Waals surface area contributed by atoms with Gasteiger partial charge in [-0.3, -0.25) is 14.2 Å². The van der Waals surface area contributed by atoms with Crippen molar-refractivity contribution in [3.8, 4) is 0 Å². The summed E-state index contributed by atoms with van der Waals surface area (Å²) in [5, 5.41) is 15.4. The summed E-state index contributed by atoms with van der Waals surface area (Å²) in [6.45, 7) is 1.76. The van der Waals surface area contributed by atoms with Crippen molar-refractivity contribution in [1.29, 1.82) is 0 Å². The lowest BCUT2D eigenvalue weighted by Crippen LogP contribution is -2.50. The van der Waals surface area contributed by atoms with Gasteiger partial charge in [-0.1, -0.05) is 0 Å². The molecule has 3 aliphatic heterocycles. The molecule has 16 heteroatoms. The van der Waals surface area contributed by atoms with Crippen molar-refractivity contribution < 1.29 is 31.7 Å². The molecule has 4 rings (SSSR count).